The molecule has 0 saturated carbocycles. The van der Waals surface area contributed by atoms with Gasteiger partial charge in [0.05, 0.1) is 0 Å². The minimum Gasteiger partial charge on any atom is -0.473 e. The van der Waals surface area contributed by atoms with Crippen LogP contribution in [0, 0.1) is 0 Å². The molecule has 1 aliphatic rings. The van der Waals surface area contributed by atoms with Crippen LogP contribution in [0.5, 0.6) is 5.75 Å². The third-order valence-electron chi connectivity index (χ3n) is 2.96. The topological polar surface area (TPSA) is 72.8 Å². The fourth-order valence-corrected chi connectivity index (χ4v) is 3.17. The van der Waals surface area contributed by atoms with Crippen LogP contribution in [0.4, 0.5) is 0 Å². The summed E-state index contributed by atoms with van der Waals surface area (Å²) in [5, 5.41) is 0. The molecule has 1 heterocycles. The number of amides is 1. The Morgan fingerprint density at radius 1 is 1.50 bits per heavy atom. The van der Waals surface area contributed by atoms with Crippen molar-refractivity contribution in [3.8, 4) is 5.75 Å². The van der Waals surface area contributed by atoms with Gasteiger partial charge in [-0.2, -0.15) is 0 Å². The molecule has 1 aromatic carbocycles. The van der Waals surface area contributed by atoms with Crippen LogP contribution >= 0.6 is 0 Å². The summed E-state index contributed by atoms with van der Waals surface area (Å²) in [5.74, 6) is -0.218. The van der Waals surface area contributed by atoms with Crippen molar-refractivity contribution in [2.45, 2.75) is 30.6 Å². The normalized spacial score (nSPS) is 20.0. The van der Waals surface area contributed by atoms with Crippen LogP contribution in [-0.4, -0.2) is 26.5 Å². The summed E-state index contributed by atoms with van der Waals surface area (Å²) in [7, 11) is -3.51. The van der Waals surface area contributed by atoms with Gasteiger partial charge in [0.2, 0.25) is 15.3 Å². The zero-order chi connectivity index (χ0) is 13.5. The van der Waals surface area contributed by atoms with E-state index in [2.05, 4.69) is 11.7 Å². The molecule has 1 aliphatic heterocycles. The summed E-state index contributed by atoms with van der Waals surface area (Å²) in [5.41, 5.74) is 0.0576. The summed E-state index contributed by atoms with van der Waals surface area (Å²) in [6.45, 7) is 6.51. The summed E-state index contributed by atoms with van der Waals surface area (Å²) < 4.78 is 29.2. The maximum absolute atomic E-state index is 12.0. The number of carbonyl (C=O) groups excluding carboxylic acids is 1. The second-order valence-corrected chi connectivity index (χ2v) is 6.20. The Kier molecular flexibility index (Phi) is 2.98. The second-order valence-electron chi connectivity index (χ2n) is 4.00. The lowest BCUT2D eigenvalue weighted by molar-refractivity contribution is 0.100. The predicted molar refractivity (Wildman–Crippen MR) is 67.0 cm³/mol. The summed E-state index contributed by atoms with van der Waals surface area (Å²) in [6, 6.07) is 2.93. The van der Waals surface area contributed by atoms with Crippen molar-refractivity contribution in [3.05, 3.63) is 23.3 Å². The lowest BCUT2D eigenvalue weighted by Crippen LogP contribution is -2.15. The number of rotatable bonds is 2. The van der Waals surface area contributed by atoms with Crippen LogP contribution in [0.2, 0.25) is 0 Å². The Labute approximate surface area is 105 Å². The molecule has 0 radical (unpaired) electrons. The molecule has 5 nitrogen and oxygen atoms in total. The van der Waals surface area contributed by atoms with Gasteiger partial charge < -0.3 is 4.74 Å². The molecule has 0 aliphatic carbocycles. The van der Waals surface area contributed by atoms with Crippen molar-refractivity contribution in [2.24, 2.45) is 4.99 Å². The first-order chi connectivity index (χ1) is 8.41. The lowest BCUT2D eigenvalue weighted by Gasteiger charge is -2.06. The molecule has 2 rings (SSSR count). The fraction of sp³-hybridized carbons (Fsp3) is 0.333. The Hall–Kier alpha value is -1.69. The van der Waals surface area contributed by atoms with Crippen molar-refractivity contribution in [1.29, 1.82) is 0 Å². The largest absolute Gasteiger partial charge is 0.473 e. The maximum Gasteiger partial charge on any atom is 0.276 e. The Morgan fingerprint density at radius 3 is 2.72 bits per heavy atom. The molecule has 1 aromatic rings. The van der Waals surface area contributed by atoms with E-state index in [1.807, 2.05) is 6.92 Å². The molecule has 96 valence electrons. The predicted octanol–water partition coefficient (Wildman–Crippen LogP) is 1.60. The first-order valence-corrected chi connectivity index (χ1v) is 7.05. The number of sulfone groups is 1. The first kappa shape index (κ1) is 12.8. The molecular weight excluding hydrogens is 254 g/mol. The van der Waals surface area contributed by atoms with E-state index in [0.29, 0.717) is 17.7 Å². The molecule has 0 bridgehead atoms. The van der Waals surface area contributed by atoms with Gasteiger partial charge in [-0.25, -0.2) is 13.4 Å². The van der Waals surface area contributed by atoms with Crippen molar-refractivity contribution < 1.29 is 17.9 Å². The van der Waals surface area contributed by atoms with Gasteiger partial charge in [-0.05, 0) is 37.8 Å². The third kappa shape index (κ3) is 1.73. The number of aliphatic imine (C=N–C) groups is 1. The maximum atomic E-state index is 12.0. The van der Waals surface area contributed by atoms with E-state index in [1.165, 1.54) is 13.0 Å². The van der Waals surface area contributed by atoms with Crippen LogP contribution < -0.4 is 4.74 Å². The van der Waals surface area contributed by atoms with E-state index in [4.69, 9.17) is 4.74 Å². The number of nitrogens with zero attached hydrogens (tertiary/aromatic N) is 1. The number of ether oxygens (including phenoxy) is 1. The molecule has 0 fully saturated rings. The van der Waals surface area contributed by atoms with E-state index in [1.54, 1.807) is 6.07 Å². The number of aryl methyl sites for hydroxylation is 1. The molecule has 1 unspecified atom stereocenters. The van der Waals surface area contributed by atoms with E-state index >= 15 is 0 Å². The minimum atomic E-state index is -3.51. The minimum absolute atomic E-state index is 0.0548. The standard InChI is InChI=1S/C12H13NO4S/c1-4-8-5-10-11(6-9(8)12(14)13-3)18(15,16)7(2)17-10/h5-7H,3-4H2,1-2H3. The van der Waals surface area contributed by atoms with Crippen molar-refractivity contribution >= 4 is 22.5 Å². The van der Waals surface area contributed by atoms with Gasteiger partial charge >= 0.3 is 0 Å². The first-order valence-electron chi connectivity index (χ1n) is 5.50. The monoisotopic (exact) mass is 267 g/mol. The van der Waals surface area contributed by atoms with E-state index in [0.717, 1.165) is 0 Å². The number of benzene rings is 1. The van der Waals surface area contributed by atoms with Crippen molar-refractivity contribution in [2.75, 3.05) is 0 Å². The summed E-state index contributed by atoms with van der Waals surface area (Å²) in [4.78, 5) is 15.0. The molecular formula is C12H13NO4S. The molecule has 18 heavy (non-hydrogen) atoms. The highest BCUT2D eigenvalue weighted by Gasteiger charge is 2.37. The highest BCUT2D eigenvalue weighted by molar-refractivity contribution is 7.92. The quantitative estimate of drug-likeness (QED) is 0.763. The summed E-state index contributed by atoms with van der Waals surface area (Å²) >= 11 is 0. The Bertz CT molecular complexity index is 634. The zero-order valence-electron chi connectivity index (χ0n) is 10.1. The van der Waals surface area contributed by atoms with E-state index in [9.17, 15) is 13.2 Å². The average molecular weight is 267 g/mol. The number of fused-ring (bicyclic) bond motifs is 1. The smallest absolute Gasteiger partial charge is 0.276 e. The van der Waals surface area contributed by atoms with Crippen LogP contribution in [-0.2, 0) is 16.3 Å². The molecule has 0 saturated heterocycles. The van der Waals surface area contributed by atoms with Crippen molar-refractivity contribution in [1.82, 2.24) is 0 Å². The highest BCUT2D eigenvalue weighted by atomic mass is 32.2. The SMILES string of the molecule is C=NC(=O)c1cc2c(cc1CC)OC(C)S2(=O)=O. The number of hydrogen-bond donors (Lipinski definition) is 0. The summed E-state index contributed by atoms with van der Waals surface area (Å²) in [6.07, 6.45) is 0.585. The van der Waals surface area contributed by atoms with E-state index in [-0.39, 0.29) is 10.5 Å². The zero-order valence-corrected chi connectivity index (χ0v) is 11.0. The van der Waals surface area contributed by atoms with E-state index < -0.39 is 21.2 Å². The molecule has 0 N–H and O–H groups in total. The van der Waals surface area contributed by atoms with Gasteiger partial charge in [0.1, 0.15) is 10.6 Å². The highest BCUT2D eigenvalue weighted by Crippen LogP contribution is 2.37. The number of carbonyl (C=O) groups is 1. The van der Waals surface area contributed by atoms with Crippen LogP contribution in [0.15, 0.2) is 22.0 Å². The van der Waals surface area contributed by atoms with Gasteiger partial charge in [-0.3, -0.25) is 4.79 Å². The van der Waals surface area contributed by atoms with Gasteiger partial charge in [-0.15, -0.1) is 0 Å². The lowest BCUT2D eigenvalue weighted by atomic mass is 10.0. The average Bonchev–Trinajstić information content (AvgIpc) is 2.57. The second kappa shape index (κ2) is 4.20. The van der Waals surface area contributed by atoms with Crippen LogP contribution in [0.25, 0.3) is 0 Å². The van der Waals surface area contributed by atoms with Gasteiger partial charge in [0.25, 0.3) is 5.91 Å². The molecule has 0 aromatic heterocycles. The van der Waals surface area contributed by atoms with Gasteiger partial charge in [-0.1, -0.05) is 6.92 Å². The van der Waals surface area contributed by atoms with Gasteiger partial charge in [0.15, 0.2) is 0 Å². The Morgan fingerprint density at radius 2 is 2.17 bits per heavy atom. The molecule has 0 spiro atoms. The van der Waals surface area contributed by atoms with Crippen LogP contribution in [0.1, 0.15) is 29.8 Å². The molecule has 6 heteroatoms. The Balaban J connectivity index is 2.71. The van der Waals surface area contributed by atoms with Crippen LogP contribution in [0.3, 0.4) is 0 Å². The molecule has 1 atom stereocenters. The fourth-order valence-electron chi connectivity index (χ4n) is 1.91. The number of hydrogen-bond acceptors (Lipinski definition) is 4. The molecule has 1 amide bonds. The van der Waals surface area contributed by atoms with Gasteiger partial charge in [0, 0.05) is 5.56 Å². The third-order valence-corrected chi connectivity index (χ3v) is 4.86. The van der Waals surface area contributed by atoms with Crippen molar-refractivity contribution in [3.63, 3.8) is 0 Å².